The minimum atomic E-state index is -0.438. The summed E-state index contributed by atoms with van der Waals surface area (Å²) in [5.41, 5.74) is 3.53. The number of hydrogen-bond donors (Lipinski definition) is 1. The van der Waals surface area contributed by atoms with Crippen molar-refractivity contribution >= 4 is 17.4 Å². The summed E-state index contributed by atoms with van der Waals surface area (Å²) in [5.74, 6) is 1.87. The second-order valence-electron chi connectivity index (χ2n) is 8.55. The molecule has 2 aromatic rings. The van der Waals surface area contributed by atoms with Crippen LogP contribution in [0.3, 0.4) is 0 Å². The van der Waals surface area contributed by atoms with E-state index < -0.39 is 6.10 Å². The number of ether oxygens (including phenoxy) is 1. The van der Waals surface area contributed by atoms with Gasteiger partial charge in [0.2, 0.25) is 0 Å². The van der Waals surface area contributed by atoms with Crippen LogP contribution >= 0.6 is 11.6 Å². The van der Waals surface area contributed by atoms with E-state index in [9.17, 15) is 5.11 Å². The second-order valence-corrected chi connectivity index (χ2v) is 8.98. The van der Waals surface area contributed by atoms with Crippen molar-refractivity contribution in [3.8, 4) is 0 Å². The maximum Gasteiger partial charge on any atom is 0.136 e. The molecule has 6 nitrogen and oxygen atoms in total. The number of aromatic nitrogens is 2. The normalized spacial score (nSPS) is 15.8. The van der Waals surface area contributed by atoms with Crippen LogP contribution in [0.4, 0.5) is 5.82 Å². The van der Waals surface area contributed by atoms with Crippen molar-refractivity contribution in [1.82, 2.24) is 14.9 Å². The van der Waals surface area contributed by atoms with E-state index in [1.165, 1.54) is 11.1 Å². The van der Waals surface area contributed by atoms with Crippen LogP contribution in [-0.2, 0) is 17.6 Å². The molecule has 1 fully saturated rings. The van der Waals surface area contributed by atoms with Crippen LogP contribution in [0.1, 0.15) is 49.3 Å². The van der Waals surface area contributed by atoms with E-state index in [2.05, 4.69) is 35.8 Å². The highest BCUT2D eigenvalue weighted by atomic mass is 35.5. The van der Waals surface area contributed by atoms with Gasteiger partial charge in [0.1, 0.15) is 11.6 Å². The zero-order chi connectivity index (χ0) is 22.9. The van der Waals surface area contributed by atoms with Gasteiger partial charge in [-0.1, -0.05) is 44.0 Å². The topological polar surface area (TPSA) is 61.7 Å². The summed E-state index contributed by atoms with van der Waals surface area (Å²) in [7, 11) is 0. The van der Waals surface area contributed by atoms with Crippen molar-refractivity contribution < 1.29 is 9.84 Å². The Morgan fingerprint density at radius 3 is 2.47 bits per heavy atom. The molecule has 0 bridgehead atoms. The summed E-state index contributed by atoms with van der Waals surface area (Å²) < 4.78 is 5.57. The summed E-state index contributed by atoms with van der Waals surface area (Å²) >= 11 is 6.08. The lowest BCUT2D eigenvalue weighted by atomic mass is 10.0. The lowest BCUT2D eigenvalue weighted by molar-refractivity contribution is 0.0150. The molecule has 1 N–H and O–H groups in total. The molecule has 0 aliphatic carbocycles. The van der Waals surface area contributed by atoms with Crippen molar-refractivity contribution in [2.45, 2.75) is 52.6 Å². The Balaban J connectivity index is 1.65. The molecule has 3 rings (SSSR count). The predicted octanol–water partition coefficient (Wildman–Crippen LogP) is 3.89. The molecule has 0 radical (unpaired) electrons. The van der Waals surface area contributed by atoms with E-state index in [1.54, 1.807) is 0 Å². The van der Waals surface area contributed by atoms with Crippen LogP contribution < -0.4 is 4.90 Å². The number of aliphatic hydroxyl groups is 1. The molecule has 1 saturated heterocycles. The standard InChI is InChI=1S/C25H37ClN4O2/c1-4-6-15-32-18-22(31)17-29-11-13-30(14-12-29)25-23(24(5-2)27-19(3)28-25)16-20-7-9-21(26)10-8-20/h7-10,22,31H,4-6,11-18H2,1-3H3. The smallest absolute Gasteiger partial charge is 0.136 e. The van der Waals surface area contributed by atoms with Gasteiger partial charge in [-0.25, -0.2) is 9.97 Å². The van der Waals surface area contributed by atoms with Crippen molar-refractivity contribution in [3.63, 3.8) is 0 Å². The molecule has 7 heteroatoms. The van der Waals surface area contributed by atoms with Crippen LogP contribution in [-0.4, -0.2) is 72.0 Å². The minimum absolute atomic E-state index is 0.413. The summed E-state index contributed by atoms with van der Waals surface area (Å²) in [6, 6.07) is 8.03. The SMILES string of the molecule is CCCCOCC(O)CN1CCN(c2nc(C)nc(CC)c2Cc2ccc(Cl)cc2)CC1. The molecule has 1 aliphatic rings. The maximum atomic E-state index is 10.3. The fourth-order valence-corrected chi connectivity index (χ4v) is 4.26. The number of hydrogen-bond acceptors (Lipinski definition) is 6. The quantitative estimate of drug-likeness (QED) is 0.513. The lowest BCUT2D eigenvalue weighted by Gasteiger charge is -2.37. The minimum Gasteiger partial charge on any atom is -0.389 e. The summed E-state index contributed by atoms with van der Waals surface area (Å²) in [6.45, 7) is 11.6. The highest BCUT2D eigenvalue weighted by molar-refractivity contribution is 6.30. The molecular formula is C25H37ClN4O2. The Kier molecular flexibility index (Phi) is 9.72. The summed E-state index contributed by atoms with van der Waals surface area (Å²) in [5, 5.41) is 11.1. The molecule has 0 spiro atoms. The monoisotopic (exact) mass is 460 g/mol. The Hall–Kier alpha value is -1.73. The molecule has 1 aromatic carbocycles. The number of rotatable bonds is 11. The Labute approximate surface area is 197 Å². The number of aliphatic hydroxyl groups excluding tert-OH is 1. The van der Waals surface area contributed by atoms with Crippen molar-refractivity contribution in [2.75, 3.05) is 50.8 Å². The average molecular weight is 461 g/mol. The zero-order valence-electron chi connectivity index (χ0n) is 19.7. The highest BCUT2D eigenvalue weighted by Gasteiger charge is 2.24. The molecule has 1 atom stereocenters. The highest BCUT2D eigenvalue weighted by Crippen LogP contribution is 2.26. The molecule has 176 valence electrons. The van der Waals surface area contributed by atoms with Gasteiger partial charge in [0.15, 0.2) is 0 Å². The first-order chi connectivity index (χ1) is 15.5. The third-order valence-electron chi connectivity index (χ3n) is 5.91. The third-order valence-corrected chi connectivity index (χ3v) is 6.16. The number of β-amino-alcohol motifs (C(OH)–C–C–N with tert-alkyl or cyclic N) is 1. The van der Waals surface area contributed by atoms with Gasteiger partial charge < -0.3 is 14.7 Å². The van der Waals surface area contributed by atoms with E-state index in [1.807, 2.05) is 19.1 Å². The first kappa shape index (κ1) is 24.9. The number of halogens is 1. The number of nitrogens with zero attached hydrogens (tertiary/aromatic N) is 4. The molecule has 0 amide bonds. The zero-order valence-corrected chi connectivity index (χ0v) is 20.4. The van der Waals surface area contributed by atoms with E-state index in [0.717, 1.165) is 80.8 Å². The van der Waals surface area contributed by atoms with E-state index >= 15 is 0 Å². The Morgan fingerprint density at radius 1 is 1.09 bits per heavy atom. The van der Waals surface area contributed by atoms with Crippen LogP contribution in [0.2, 0.25) is 5.02 Å². The molecule has 1 unspecified atom stereocenters. The third kappa shape index (κ3) is 7.14. The van der Waals surface area contributed by atoms with Crippen LogP contribution in [0, 0.1) is 6.92 Å². The molecule has 1 aliphatic heterocycles. The van der Waals surface area contributed by atoms with Crippen molar-refractivity contribution in [1.29, 1.82) is 0 Å². The Morgan fingerprint density at radius 2 is 1.81 bits per heavy atom. The van der Waals surface area contributed by atoms with Gasteiger partial charge in [0, 0.05) is 62.0 Å². The fraction of sp³-hybridized carbons (Fsp3) is 0.600. The average Bonchev–Trinajstić information content (AvgIpc) is 2.79. The van der Waals surface area contributed by atoms with Gasteiger partial charge in [-0.3, -0.25) is 4.90 Å². The number of anilines is 1. The van der Waals surface area contributed by atoms with Gasteiger partial charge in [-0.15, -0.1) is 0 Å². The molecule has 2 heterocycles. The second kappa shape index (κ2) is 12.5. The van der Waals surface area contributed by atoms with E-state index in [4.69, 9.17) is 26.3 Å². The largest absolute Gasteiger partial charge is 0.389 e. The number of piperazine rings is 1. The van der Waals surface area contributed by atoms with Crippen LogP contribution in [0.15, 0.2) is 24.3 Å². The van der Waals surface area contributed by atoms with E-state index in [-0.39, 0.29) is 0 Å². The van der Waals surface area contributed by atoms with Crippen molar-refractivity contribution in [3.05, 3.63) is 51.9 Å². The van der Waals surface area contributed by atoms with Crippen molar-refractivity contribution in [2.24, 2.45) is 0 Å². The summed E-state index contributed by atoms with van der Waals surface area (Å²) in [6.07, 6.45) is 3.39. The number of aryl methyl sites for hydroxylation is 2. The first-order valence-corrected chi connectivity index (χ1v) is 12.2. The molecule has 0 saturated carbocycles. The maximum absolute atomic E-state index is 10.3. The van der Waals surface area contributed by atoms with Gasteiger partial charge in [0.25, 0.3) is 0 Å². The Bertz CT molecular complexity index is 839. The predicted molar refractivity (Wildman–Crippen MR) is 131 cm³/mol. The summed E-state index contributed by atoms with van der Waals surface area (Å²) in [4.78, 5) is 14.3. The van der Waals surface area contributed by atoms with Gasteiger partial charge in [0.05, 0.1) is 12.7 Å². The van der Waals surface area contributed by atoms with Crippen LogP contribution in [0.25, 0.3) is 0 Å². The fourth-order valence-electron chi connectivity index (χ4n) is 4.14. The van der Waals surface area contributed by atoms with Gasteiger partial charge >= 0.3 is 0 Å². The van der Waals surface area contributed by atoms with Gasteiger partial charge in [-0.05, 0) is 37.5 Å². The lowest BCUT2D eigenvalue weighted by Crippen LogP contribution is -2.49. The number of unbranched alkanes of at least 4 members (excludes halogenated alkanes) is 1. The number of benzene rings is 1. The van der Waals surface area contributed by atoms with E-state index in [0.29, 0.717) is 13.2 Å². The molecule has 32 heavy (non-hydrogen) atoms. The van der Waals surface area contributed by atoms with Gasteiger partial charge in [-0.2, -0.15) is 0 Å². The first-order valence-electron chi connectivity index (χ1n) is 11.8. The molecule has 1 aromatic heterocycles. The molecular weight excluding hydrogens is 424 g/mol. The van der Waals surface area contributed by atoms with Crippen LogP contribution in [0.5, 0.6) is 0 Å².